The number of nitrogens with zero attached hydrogens (tertiary/aromatic N) is 2. The summed E-state index contributed by atoms with van der Waals surface area (Å²) in [5, 5.41) is 8.88. The van der Waals surface area contributed by atoms with Gasteiger partial charge in [-0.2, -0.15) is 0 Å². The molecule has 2 heterocycles. The van der Waals surface area contributed by atoms with E-state index < -0.39 is 35.5 Å². The minimum absolute atomic E-state index is 0.0562. The van der Waals surface area contributed by atoms with Crippen molar-refractivity contribution in [2.75, 3.05) is 26.7 Å². The van der Waals surface area contributed by atoms with Crippen molar-refractivity contribution in [3.63, 3.8) is 0 Å². The number of nitrogens with one attached hydrogen (secondary N) is 3. The van der Waals surface area contributed by atoms with Crippen LogP contribution in [0.4, 0.5) is 0 Å². The van der Waals surface area contributed by atoms with E-state index in [2.05, 4.69) is 16.0 Å². The first-order valence-electron chi connectivity index (χ1n) is 17.2. The monoisotopic (exact) mass is 659 g/mol. The minimum atomic E-state index is -0.907. The van der Waals surface area contributed by atoms with Crippen LogP contribution in [0.1, 0.15) is 70.4 Å². The van der Waals surface area contributed by atoms with Crippen LogP contribution in [0.2, 0.25) is 0 Å². The zero-order valence-corrected chi connectivity index (χ0v) is 28.5. The Morgan fingerprint density at radius 2 is 1.60 bits per heavy atom. The molecule has 11 heteroatoms. The quantitative estimate of drug-likeness (QED) is 0.437. The molecule has 5 rings (SSSR count). The van der Waals surface area contributed by atoms with Crippen molar-refractivity contribution in [2.45, 2.75) is 95.3 Å². The Labute approximate surface area is 283 Å². The first kappa shape index (κ1) is 34.9. The summed E-state index contributed by atoms with van der Waals surface area (Å²) < 4.78 is 5.37. The molecule has 0 radical (unpaired) electrons. The van der Waals surface area contributed by atoms with Crippen LogP contribution in [0, 0.1) is 5.92 Å². The topological polar surface area (TPSA) is 137 Å². The molecule has 0 aromatic heterocycles. The summed E-state index contributed by atoms with van der Waals surface area (Å²) >= 11 is 0. The second-order valence-electron chi connectivity index (χ2n) is 13.8. The maximum Gasteiger partial charge on any atom is 0.245 e. The largest absolute Gasteiger partial charge is 0.497 e. The van der Waals surface area contributed by atoms with Gasteiger partial charge in [0.05, 0.1) is 25.1 Å². The van der Waals surface area contributed by atoms with E-state index in [9.17, 15) is 24.0 Å². The van der Waals surface area contributed by atoms with Crippen molar-refractivity contribution in [2.24, 2.45) is 5.92 Å². The van der Waals surface area contributed by atoms with E-state index in [1.54, 1.807) is 18.9 Å². The lowest BCUT2D eigenvalue weighted by Gasteiger charge is -2.37. The van der Waals surface area contributed by atoms with Gasteiger partial charge in [0.2, 0.25) is 29.5 Å². The third-order valence-electron chi connectivity index (χ3n) is 10.1. The number of rotatable bonds is 6. The molecule has 0 spiro atoms. The van der Waals surface area contributed by atoms with Gasteiger partial charge < -0.3 is 30.5 Å². The van der Waals surface area contributed by atoms with Crippen LogP contribution < -0.4 is 20.7 Å². The van der Waals surface area contributed by atoms with Crippen LogP contribution in [0.5, 0.6) is 5.75 Å². The van der Waals surface area contributed by atoms with Crippen molar-refractivity contribution in [1.82, 2.24) is 25.8 Å². The summed E-state index contributed by atoms with van der Waals surface area (Å²) in [5.74, 6) is -1.36. The van der Waals surface area contributed by atoms with E-state index >= 15 is 0 Å². The average Bonchev–Trinajstić information content (AvgIpc) is 3.77. The third kappa shape index (κ3) is 7.66. The van der Waals surface area contributed by atoms with Crippen molar-refractivity contribution in [3.8, 4) is 5.75 Å². The van der Waals surface area contributed by atoms with Gasteiger partial charge in [-0.25, -0.2) is 0 Å². The fourth-order valence-corrected chi connectivity index (χ4v) is 7.51. The molecular weight excluding hydrogens is 610 g/mol. The van der Waals surface area contributed by atoms with Crippen LogP contribution in [0.25, 0.3) is 0 Å². The number of hydrogen-bond donors (Lipinski definition) is 3. The van der Waals surface area contributed by atoms with Gasteiger partial charge in [-0.05, 0) is 68.2 Å². The number of carbonyl (C=O) groups excluding carboxylic acids is 5. The van der Waals surface area contributed by atoms with Gasteiger partial charge in [0.25, 0.3) is 0 Å². The molecule has 11 nitrogen and oxygen atoms in total. The van der Waals surface area contributed by atoms with E-state index in [0.29, 0.717) is 44.4 Å². The summed E-state index contributed by atoms with van der Waals surface area (Å²) in [4.78, 5) is 72.7. The van der Waals surface area contributed by atoms with Gasteiger partial charge in [-0.1, -0.05) is 69.2 Å². The maximum atomic E-state index is 14.9. The van der Waals surface area contributed by atoms with E-state index in [1.165, 1.54) is 4.90 Å². The van der Waals surface area contributed by atoms with Crippen LogP contribution in [0.15, 0.2) is 54.6 Å². The number of methoxy groups -OCH3 is 1. The second-order valence-corrected chi connectivity index (χ2v) is 13.8. The summed E-state index contributed by atoms with van der Waals surface area (Å²) in [6, 6.07) is 14.1. The van der Waals surface area contributed by atoms with Gasteiger partial charge in [-0.3, -0.25) is 24.0 Å². The zero-order chi connectivity index (χ0) is 34.4. The van der Waals surface area contributed by atoms with Crippen LogP contribution >= 0.6 is 0 Å². The number of amides is 5. The predicted molar refractivity (Wildman–Crippen MR) is 181 cm³/mol. The average molecular weight is 660 g/mol. The van der Waals surface area contributed by atoms with Gasteiger partial charge in [-0.15, -0.1) is 0 Å². The van der Waals surface area contributed by atoms with E-state index in [1.807, 2.05) is 68.4 Å². The van der Waals surface area contributed by atoms with Gasteiger partial charge in [0.1, 0.15) is 23.9 Å². The molecule has 2 aliphatic heterocycles. The Morgan fingerprint density at radius 3 is 2.25 bits per heavy atom. The minimum Gasteiger partial charge on any atom is -0.497 e. The molecule has 2 aromatic rings. The lowest BCUT2D eigenvalue weighted by atomic mass is 9.77. The van der Waals surface area contributed by atoms with Gasteiger partial charge in [0.15, 0.2) is 0 Å². The Bertz CT molecular complexity index is 1470. The molecule has 4 atom stereocenters. The molecule has 1 saturated carbocycles. The molecule has 258 valence electrons. The molecule has 2 saturated heterocycles. The molecule has 1 aliphatic carbocycles. The number of fused-ring (bicyclic) bond motifs is 1. The second kappa shape index (κ2) is 15.2. The molecule has 0 bridgehead atoms. The zero-order valence-electron chi connectivity index (χ0n) is 28.5. The molecule has 5 amide bonds. The fourth-order valence-electron chi connectivity index (χ4n) is 7.51. The lowest BCUT2D eigenvalue weighted by molar-refractivity contribution is -0.143. The van der Waals surface area contributed by atoms with Crippen molar-refractivity contribution < 1.29 is 28.7 Å². The third-order valence-corrected chi connectivity index (χ3v) is 10.1. The molecular formula is C37H49N5O6. The Hall–Kier alpha value is -4.41. The molecule has 2 aromatic carbocycles. The van der Waals surface area contributed by atoms with Crippen molar-refractivity contribution >= 4 is 29.5 Å². The van der Waals surface area contributed by atoms with Crippen LogP contribution in [0.3, 0.4) is 0 Å². The highest BCUT2D eigenvalue weighted by Gasteiger charge is 2.46. The van der Waals surface area contributed by atoms with E-state index in [0.717, 1.165) is 24.0 Å². The maximum absolute atomic E-state index is 14.9. The molecule has 48 heavy (non-hydrogen) atoms. The smallest absolute Gasteiger partial charge is 0.245 e. The molecule has 3 fully saturated rings. The summed E-state index contributed by atoms with van der Waals surface area (Å²) in [6.45, 7) is 5.48. The first-order chi connectivity index (χ1) is 23.0. The van der Waals surface area contributed by atoms with Gasteiger partial charge >= 0.3 is 0 Å². The Kier molecular flexibility index (Phi) is 11.1. The van der Waals surface area contributed by atoms with Gasteiger partial charge in [0, 0.05) is 13.1 Å². The van der Waals surface area contributed by atoms with E-state index in [4.69, 9.17) is 4.74 Å². The SMILES string of the molecule is COc1ccc(C2(C(=O)N3CC(=O)N[C@@H](C)C(=O)N4CCC[C@@H]4C(=O)N[C@@H](C(C)C)C(=O)N[C@@H](Cc4ccccc4)C3)CCCC2)cc1. The highest BCUT2D eigenvalue weighted by Crippen LogP contribution is 2.43. The highest BCUT2D eigenvalue weighted by atomic mass is 16.5. The lowest BCUT2D eigenvalue weighted by Crippen LogP contribution is -2.58. The Balaban J connectivity index is 1.54. The highest BCUT2D eigenvalue weighted by molar-refractivity contribution is 5.96. The summed E-state index contributed by atoms with van der Waals surface area (Å²) in [5.41, 5.74) is 0.960. The molecule has 0 unspecified atom stereocenters. The fraction of sp³-hybridized carbons (Fsp3) is 0.541. The standard InChI is InChI=1S/C37H49N5O6/c1-24(2)32-34(45)39-28(21-26-11-6-5-7-12-26)22-41(36(47)37(18-8-9-19-37)27-14-16-29(48-4)17-15-27)23-31(43)38-25(3)35(46)42-20-10-13-30(42)33(44)40-32/h5-7,11-12,14-17,24-25,28,30,32H,8-10,13,18-23H2,1-4H3,(H,38,43)(H,39,45)(H,40,44)/t25-,28-,30+,32-/m0/s1. The van der Waals surface area contributed by atoms with Crippen LogP contribution in [-0.4, -0.2) is 90.2 Å². The van der Waals surface area contributed by atoms with Crippen molar-refractivity contribution in [1.29, 1.82) is 0 Å². The van der Waals surface area contributed by atoms with Crippen LogP contribution in [-0.2, 0) is 35.8 Å². The molecule has 3 N–H and O–H groups in total. The summed E-state index contributed by atoms with van der Waals surface area (Å²) in [7, 11) is 1.60. The first-order valence-corrected chi connectivity index (χ1v) is 17.2. The number of hydrogen-bond acceptors (Lipinski definition) is 6. The molecule has 3 aliphatic rings. The number of benzene rings is 2. The van der Waals surface area contributed by atoms with E-state index in [-0.39, 0.29) is 42.6 Å². The Morgan fingerprint density at radius 1 is 0.917 bits per heavy atom. The predicted octanol–water partition coefficient (Wildman–Crippen LogP) is 2.71. The normalized spacial score (nSPS) is 25.4. The summed E-state index contributed by atoms with van der Waals surface area (Å²) in [6.07, 6.45) is 4.48. The number of carbonyl (C=O) groups is 5. The van der Waals surface area contributed by atoms with Crippen molar-refractivity contribution in [3.05, 3.63) is 65.7 Å². The number of ether oxygens (including phenoxy) is 1.